The average Bonchev–Trinajstić information content (AvgIpc) is 3.37. The number of hydrogen-bond donors (Lipinski definition) is 2. The number of fused-ring (bicyclic) bond motifs is 1. The lowest BCUT2D eigenvalue weighted by molar-refractivity contribution is -0.131. The molecule has 0 saturated heterocycles. The topological polar surface area (TPSA) is 73.8 Å². The van der Waals surface area contributed by atoms with Gasteiger partial charge in [-0.25, -0.2) is 5.01 Å². The largest absolute Gasteiger partial charge is 0.376 e. The molecule has 36 heavy (non-hydrogen) atoms. The van der Waals surface area contributed by atoms with E-state index in [1.165, 1.54) is 0 Å². The van der Waals surface area contributed by atoms with Gasteiger partial charge >= 0.3 is 0 Å². The van der Waals surface area contributed by atoms with E-state index in [-0.39, 0.29) is 24.4 Å². The van der Waals surface area contributed by atoms with Crippen LogP contribution in [0, 0.1) is 0 Å². The van der Waals surface area contributed by atoms with Gasteiger partial charge in [-0.3, -0.25) is 9.59 Å². The van der Waals surface area contributed by atoms with Gasteiger partial charge < -0.3 is 10.6 Å². The van der Waals surface area contributed by atoms with Gasteiger partial charge in [-0.1, -0.05) is 78.3 Å². The molecule has 0 saturated carbocycles. The Kier molecular flexibility index (Phi) is 6.69. The van der Waals surface area contributed by atoms with Gasteiger partial charge in [0.2, 0.25) is 0 Å². The van der Waals surface area contributed by atoms with Gasteiger partial charge in [0.25, 0.3) is 11.8 Å². The molecule has 1 atom stereocenters. The van der Waals surface area contributed by atoms with Gasteiger partial charge in [-0.05, 0) is 46.2 Å². The van der Waals surface area contributed by atoms with Crippen LogP contribution in [0.3, 0.4) is 0 Å². The van der Waals surface area contributed by atoms with Gasteiger partial charge in [0.05, 0.1) is 28.9 Å². The zero-order chi connectivity index (χ0) is 25.1. The minimum absolute atomic E-state index is 0.0352. The Morgan fingerprint density at radius 3 is 2.44 bits per heavy atom. The molecule has 0 bridgehead atoms. The SMILES string of the molecule is CNC(=O)c1ccc(NCC(=O)N2N=C(c3ccc4ccccc4c3)CC2c2ccccc2)cc1Cl. The third-order valence-corrected chi connectivity index (χ3v) is 6.63. The number of carbonyl (C=O) groups excluding carboxylic acids is 2. The van der Waals surface area contributed by atoms with E-state index in [0.717, 1.165) is 27.6 Å². The summed E-state index contributed by atoms with van der Waals surface area (Å²) in [5.74, 6) is -0.424. The van der Waals surface area contributed by atoms with Crippen LogP contribution in [0.2, 0.25) is 5.02 Å². The van der Waals surface area contributed by atoms with Crippen LogP contribution < -0.4 is 10.6 Å². The van der Waals surface area contributed by atoms with E-state index in [9.17, 15) is 9.59 Å². The second kappa shape index (κ2) is 10.2. The number of nitrogens with zero attached hydrogens (tertiary/aromatic N) is 2. The van der Waals surface area contributed by atoms with Gasteiger partial charge in [0.15, 0.2) is 0 Å². The summed E-state index contributed by atoms with van der Waals surface area (Å²) in [4.78, 5) is 25.2. The third kappa shape index (κ3) is 4.81. The lowest BCUT2D eigenvalue weighted by atomic mass is 9.97. The summed E-state index contributed by atoms with van der Waals surface area (Å²) in [6, 6.07) is 29.2. The second-order valence-electron chi connectivity index (χ2n) is 8.60. The molecule has 0 radical (unpaired) electrons. The summed E-state index contributed by atoms with van der Waals surface area (Å²) >= 11 is 6.26. The van der Waals surface area contributed by atoms with Crippen molar-refractivity contribution in [2.45, 2.75) is 12.5 Å². The van der Waals surface area contributed by atoms with E-state index in [1.807, 2.05) is 42.5 Å². The van der Waals surface area contributed by atoms with Crippen molar-refractivity contribution in [3.05, 3.63) is 113 Å². The number of nitrogens with one attached hydrogen (secondary N) is 2. The van der Waals surface area contributed by atoms with Crippen LogP contribution in [0.25, 0.3) is 10.8 Å². The van der Waals surface area contributed by atoms with E-state index < -0.39 is 0 Å². The van der Waals surface area contributed by atoms with Crippen molar-refractivity contribution < 1.29 is 9.59 Å². The fourth-order valence-corrected chi connectivity index (χ4v) is 4.69. The van der Waals surface area contributed by atoms with Gasteiger partial charge in [0, 0.05) is 19.2 Å². The smallest absolute Gasteiger partial charge is 0.262 e. The highest BCUT2D eigenvalue weighted by Gasteiger charge is 2.32. The average molecular weight is 497 g/mol. The maximum absolute atomic E-state index is 13.4. The Bertz CT molecular complexity index is 1470. The number of hydrazone groups is 1. The maximum Gasteiger partial charge on any atom is 0.262 e. The van der Waals surface area contributed by atoms with Crippen LogP contribution in [0.4, 0.5) is 5.69 Å². The van der Waals surface area contributed by atoms with Crippen LogP contribution in [-0.4, -0.2) is 36.1 Å². The van der Waals surface area contributed by atoms with Crippen molar-refractivity contribution in [2.75, 3.05) is 18.9 Å². The molecular weight excluding hydrogens is 472 g/mol. The first-order valence-corrected chi connectivity index (χ1v) is 12.1. The Balaban J connectivity index is 1.39. The molecule has 0 aromatic heterocycles. The summed E-state index contributed by atoms with van der Waals surface area (Å²) in [5.41, 5.74) is 3.94. The summed E-state index contributed by atoms with van der Waals surface area (Å²) in [6.07, 6.45) is 0.626. The first kappa shape index (κ1) is 23.6. The molecule has 1 unspecified atom stereocenters. The summed E-state index contributed by atoms with van der Waals surface area (Å²) in [6.45, 7) is 0.0352. The molecule has 180 valence electrons. The van der Waals surface area contributed by atoms with Crippen LogP contribution in [-0.2, 0) is 4.79 Å². The van der Waals surface area contributed by atoms with E-state index >= 15 is 0 Å². The number of benzene rings is 4. The van der Waals surface area contributed by atoms with E-state index in [4.69, 9.17) is 16.7 Å². The molecule has 2 N–H and O–H groups in total. The van der Waals surface area contributed by atoms with Gasteiger partial charge in [-0.2, -0.15) is 5.10 Å². The molecule has 1 aliphatic heterocycles. The van der Waals surface area contributed by atoms with Crippen molar-refractivity contribution in [3.8, 4) is 0 Å². The molecule has 4 aromatic carbocycles. The molecule has 1 heterocycles. The normalized spacial score (nSPS) is 15.0. The molecule has 6 nitrogen and oxygen atoms in total. The summed E-state index contributed by atoms with van der Waals surface area (Å²) in [7, 11) is 1.55. The van der Waals surface area contributed by atoms with Crippen LogP contribution in [0.15, 0.2) is 96.1 Å². The summed E-state index contributed by atoms with van der Waals surface area (Å²) in [5, 5.41) is 14.6. The quantitative estimate of drug-likeness (QED) is 0.362. The zero-order valence-electron chi connectivity index (χ0n) is 19.7. The van der Waals surface area contributed by atoms with Crippen LogP contribution in [0.1, 0.15) is 33.9 Å². The standard InChI is InChI=1S/C29H25ClN4O2/c1-31-29(36)24-14-13-23(16-25(24)30)32-18-28(35)34-27(20-8-3-2-4-9-20)17-26(33-34)22-12-11-19-7-5-6-10-21(19)15-22/h2-16,27,32H,17-18H2,1H3,(H,31,36). The Morgan fingerprint density at radius 1 is 0.944 bits per heavy atom. The van der Waals surface area contributed by atoms with Crippen molar-refractivity contribution in [1.82, 2.24) is 10.3 Å². The van der Waals surface area contributed by atoms with Crippen LogP contribution >= 0.6 is 11.6 Å². The lowest BCUT2D eigenvalue weighted by Gasteiger charge is -2.22. The van der Waals surface area contributed by atoms with Crippen molar-refractivity contribution in [1.29, 1.82) is 0 Å². The molecule has 7 heteroatoms. The van der Waals surface area contributed by atoms with E-state index in [1.54, 1.807) is 30.3 Å². The van der Waals surface area contributed by atoms with Crippen LogP contribution in [0.5, 0.6) is 0 Å². The molecule has 4 aromatic rings. The minimum atomic E-state index is -0.263. The number of halogens is 1. The van der Waals surface area contributed by atoms with Gasteiger partial charge in [0.1, 0.15) is 0 Å². The molecule has 5 rings (SSSR count). The Hall–Kier alpha value is -4.16. The second-order valence-corrected chi connectivity index (χ2v) is 9.01. The van der Waals surface area contributed by atoms with E-state index in [2.05, 4.69) is 41.0 Å². The number of anilines is 1. The van der Waals surface area contributed by atoms with Crippen molar-refractivity contribution in [3.63, 3.8) is 0 Å². The predicted molar refractivity (Wildman–Crippen MR) is 144 cm³/mol. The monoisotopic (exact) mass is 496 g/mol. The fraction of sp³-hybridized carbons (Fsp3) is 0.138. The Labute approximate surface area is 214 Å². The first-order valence-electron chi connectivity index (χ1n) is 11.7. The number of hydrogen-bond acceptors (Lipinski definition) is 4. The zero-order valence-corrected chi connectivity index (χ0v) is 20.5. The number of rotatable bonds is 6. The van der Waals surface area contributed by atoms with E-state index in [0.29, 0.717) is 22.7 Å². The highest BCUT2D eigenvalue weighted by molar-refractivity contribution is 6.34. The third-order valence-electron chi connectivity index (χ3n) is 6.32. The molecule has 0 aliphatic carbocycles. The Morgan fingerprint density at radius 2 is 1.69 bits per heavy atom. The first-order chi connectivity index (χ1) is 17.5. The molecule has 1 aliphatic rings. The maximum atomic E-state index is 13.4. The van der Waals surface area contributed by atoms with Crippen molar-refractivity contribution >= 4 is 45.6 Å². The fourth-order valence-electron chi connectivity index (χ4n) is 4.42. The van der Waals surface area contributed by atoms with Gasteiger partial charge in [-0.15, -0.1) is 0 Å². The summed E-state index contributed by atoms with van der Waals surface area (Å²) < 4.78 is 0. The lowest BCUT2D eigenvalue weighted by Crippen LogP contribution is -2.32. The predicted octanol–water partition coefficient (Wildman–Crippen LogP) is 5.64. The number of amides is 2. The molecule has 0 spiro atoms. The molecular formula is C29H25ClN4O2. The minimum Gasteiger partial charge on any atom is -0.376 e. The highest BCUT2D eigenvalue weighted by Crippen LogP contribution is 2.33. The van der Waals surface area contributed by atoms with Crippen molar-refractivity contribution in [2.24, 2.45) is 5.10 Å². The number of carbonyl (C=O) groups is 2. The highest BCUT2D eigenvalue weighted by atomic mass is 35.5. The molecule has 2 amide bonds. The molecule has 0 fully saturated rings.